The van der Waals surface area contributed by atoms with Crippen LogP contribution in [0.4, 0.5) is 4.79 Å². The van der Waals surface area contributed by atoms with Crippen molar-refractivity contribution >= 4 is 11.9 Å². The van der Waals surface area contributed by atoms with Crippen molar-refractivity contribution in [1.82, 2.24) is 9.80 Å². The van der Waals surface area contributed by atoms with Crippen molar-refractivity contribution in [1.29, 1.82) is 0 Å². The van der Waals surface area contributed by atoms with Crippen LogP contribution in [0.1, 0.15) is 5.56 Å². The summed E-state index contributed by atoms with van der Waals surface area (Å²) in [5.74, 6) is -0.128. The van der Waals surface area contributed by atoms with Gasteiger partial charge in [-0.15, -0.1) is 0 Å². The first-order valence-electron chi connectivity index (χ1n) is 5.19. The van der Waals surface area contributed by atoms with E-state index < -0.39 is 0 Å². The monoisotopic (exact) mass is 218 g/mol. The minimum Gasteiger partial charge on any atom is -0.315 e. The Hall–Kier alpha value is -1.84. The molecule has 4 heteroatoms. The predicted octanol–water partition coefficient (Wildman–Crippen LogP) is 1.12. The minimum atomic E-state index is -0.361. The first kappa shape index (κ1) is 10.7. The lowest BCUT2D eigenvalue weighted by Gasteiger charge is -2.15. The Balaban J connectivity index is 2.17. The highest BCUT2D eigenvalue weighted by Crippen LogP contribution is 2.17. The lowest BCUT2D eigenvalue weighted by atomic mass is 10.1. The number of hydrogen-bond acceptors (Lipinski definition) is 2. The average molecular weight is 218 g/mol. The van der Waals surface area contributed by atoms with Gasteiger partial charge in [-0.1, -0.05) is 30.3 Å². The number of likely N-dealkylation sites (N-methyl/N-ethyl adjacent to an activating group) is 2. The number of amides is 3. The fraction of sp³-hybridized carbons (Fsp3) is 0.333. The summed E-state index contributed by atoms with van der Waals surface area (Å²) in [6.07, 6.45) is 0.576. The molecule has 1 saturated heterocycles. The largest absolute Gasteiger partial charge is 0.326 e. The molecule has 0 radical (unpaired) electrons. The van der Waals surface area contributed by atoms with Gasteiger partial charge in [-0.2, -0.15) is 0 Å². The van der Waals surface area contributed by atoms with Gasteiger partial charge in [0.1, 0.15) is 6.04 Å². The molecule has 16 heavy (non-hydrogen) atoms. The molecule has 1 aliphatic rings. The number of hydrogen-bond donors (Lipinski definition) is 0. The maximum absolute atomic E-state index is 11.8. The summed E-state index contributed by atoms with van der Waals surface area (Å²) in [4.78, 5) is 26.0. The van der Waals surface area contributed by atoms with Gasteiger partial charge in [-0.05, 0) is 5.56 Å². The van der Waals surface area contributed by atoms with E-state index in [0.717, 1.165) is 5.56 Å². The SMILES string of the molecule is CN1C(=O)[C@@H](Cc2ccccc2)N(C)C1=O. The van der Waals surface area contributed by atoms with Crippen LogP contribution in [0.25, 0.3) is 0 Å². The highest BCUT2D eigenvalue weighted by atomic mass is 16.2. The Kier molecular flexibility index (Phi) is 2.64. The Bertz CT molecular complexity index is 416. The Morgan fingerprint density at radius 1 is 1.12 bits per heavy atom. The fourth-order valence-electron chi connectivity index (χ4n) is 1.91. The third kappa shape index (κ3) is 1.66. The number of carbonyl (C=O) groups excluding carboxylic acids is 2. The molecule has 1 fully saturated rings. The van der Waals surface area contributed by atoms with Crippen LogP contribution in [0.5, 0.6) is 0 Å². The van der Waals surface area contributed by atoms with E-state index in [0.29, 0.717) is 6.42 Å². The maximum atomic E-state index is 11.8. The van der Waals surface area contributed by atoms with Gasteiger partial charge >= 0.3 is 6.03 Å². The molecule has 0 saturated carbocycles. The van der Waals surface area contributed by atoms with Crippen molar-refractivity contribution in [2.24, 2.45) is 0 Å². The molecule has 1 aromatic carbocycles. The average Bonchev–Trinajstić information content (AvgIpc) is 2.48. The second-order valence-electron chi connectivity index (χ2n) is 4.00. The van der Waals surface area contributed by atoms with Gasteiger partial charge in [-0.25, -0.2) is 4.79 Å². The summed E-state index contributed by atoms with van der Waals surface area (Å²) in [6, 6.07) is 9.13. The lowest BCUT2D eigenvalue weighted by molar-refractivity contribution is -0.127. The zero-order chi connectivity index (χ0) is 11.7. The van der Waals surface area contributed by atoms with Gasteiger partial charge in [0.05, 0.1) is 0 Å². The van der Waals surface area contributed by atoms with Crippen LogP contribution in [-0.2, 0) is 11.2 Å². The predicted molar refractivity (Wildman–Crippen MR) is 59.9 cm³/mol. The van der Waals surface area contributed by atoms with Crippen molar-refractivity contribution in [2.45, 2.75) is 12.5 Å². The lowest BCUT2D eigenvalue weighted by Crippen LogP contribution is -2.33. The van der Waals surface area contributed by atoms with Crippen molar-refractivity contribution in [3.8, 4) is 0 Å². The van der Waals surface area contributed by atoms with Crippen LogP contribution in [0.15, 0.2) is 30.3 Å². The van der Waals surface area contributed by atoms with E-state index >= 15 is 0 Å². The molecular weight excluding hydrogens is 204 g/mol. The van der Waals surface area contributed by atoms with Gasteiger partial charge in [0.15, 0.2) is 0 Å². The van der Waals surface area contributed by atoms with E-state index in [-0.39, 0.29) is 18.0 Å². The molecule has 3 amide bonds. The summed E-state index contributed by atoms with van der Waals surface area (Å²) < 4.78 is 0. The Labute approximate surface area is 94.5 Å². The van der Waals surface area contributed by atoms with Crippen molar-refractivity contribution in [2.75, 3.05) is 14.1 Å². The quantitative estimate of drug-likeness (QED) is 0.698. The van der Waals surface area contributed by atoms with Crippen LogP contribution in [-0.4, -0.2) is 41.9 Å². The molecule has 0 bridgehead atoms. The topological polar surface area (TPSA) is 40.6 Å². The number of rotatable bonds is 2. The fourth-order valence-corrected chi connectivity index (χ4v) is 1.91. The Morgan fingerprint density at radius 3 is 2.25 bits per heavy atom. The minimum absolute atomic E-state index is 0.128. The molecule has 1 aliphatic heterocycles. The van der Waals surface area contributed by atoms with E-state index in [9.17, 15) is 9.59 Å². The third-order valence-electron chi connectivity index (χ3n) is 2.94. The van der Waals surface area contributed by atoms with Crippen molar-refractivity contribution in [3.05, 3.63) is 35.9 Å². The van der Waals surface area contributed by atoms with Gasteiger partial charge in [0.2, 0.25) is 0 Å². The molecule has 0 spiro atoms. The standard InChI is InChI=1S/C12H14N2O2/c1-13-10(11(15)14(2)12(13)16)8-9-6-4-3-5-7-9/h3-7,10H,8H2,1-2H3/t10-/m1/s1. The van der Waals surface area contributed by atoms with Gasteiger partial charge < -0.3 is 4.90 Å². The van der Waals surface area contributed by atoms with Crippen LogP contribution in [0.2, 0.25) is 0 Å². The van der Waals surface area contributed by atoms with E-state index in [2.05, 4.69) is 0 Å². The molecule has 1 aromatic rings. The second kappa shape index (κ2) is 3.96. The smallest absolute Gasteiger partial charge is 0.315 e. The van der Waals surface area contributed by atoms with E-state index in [4.69, 9.17) is 0 Å². The van der Waals surface area contributed by atoms with Crippen molar-refractivity contribution < 1.29 is 9.59 Å². The first-order valence-corrected chi connectivity index (χ1v) is 5.19. The molecule has 2 rings (SSSR count). The highest BCUT2D eigenvalue weighted by molar-refractivity contribution is 6.03. The molecular formula is C12H14N2O2. The number of nitrogens with zero attached hydrogens (tertiary/aromatic N) is 2. The zero-order valence-electron chi connectivity index (χ0n) is 9.38. The number of benzene rings is 1. The van der Waals surface area contributed by atoms with Gasteiger partial charge in [0, 0.05) is 20.5 Å². The first-order chi connectivity index (χ1) is 7.61. The van der Waals surface area contributed by atoms with Crippen molar-refractivity contribution in [3.63, 3.8) is 0 Å². The summed E-state index contributed by atoms with van der Waals surface area (Å²) in [5, 5.41) is 0. The Morgan fingerprint density at radius 2 is 1.75 bits per heavy atom. The van der Waals surface area contributed by atoms with E-state index in [1.807, 2.05) is 30.3 Å². The molecule has 1 atom stereocenters. The summed E-state index contributed by atoms with van der Waals surface area (Å²) >= 11 is 0. The van der Waals surface area contributed by atoms with Crippen LogP contribution >= 0.6 is 0 Å². The molecule has 4 nitrogen and oxygen atoms in total. The second-order valence-corrected chi connectivity index (χ2v) is 4.00. The van der Waals surface area contributed by atoms with E-state index in [1.165, 1.54) is 16.8 Å². The zero-order valence-corrected chi connectivity index (χ0v) is 9.38. The number of urea groups is 1. The summed E-state index contributed by atoms with van der Waals surface area (Å²) in [7, 11) is 3.18. The number of carbonyl (C=O) groups is 2. The molecule has 84 valence electrons. The van der Waals surface area contributed by atoms with Crippen LogP contribution < -0.4 is 0 Å². The molecule has 1 heterocycles. The highest BCUT2D eigenvalue weighted by Gasteiger charge is 2.40. The number of imide groups is 1. The van der Waals surface area contributed by atoms with Crippen LogP contribution in [0, 0.1) is 0 Å². The van der Waals surface area contributed by atoms with Gasteiger partial charge in [-0.3, -0.25) is 9.69 Å². The summed E-state index contributed by atoms with van der Waals surface area (Å²) in [5.41, 5.74) is 1.07. The van der Waals surface area contributed by atoms with E-state index in [1.54, 1.807) is 7.05 Å². The van der Waals surface area contributed by atoms with Gasteiger partial charge in [0.25, 0.3) is 5.91 Å². The molecule has 0 N–H and O–H groups in total. The molecule has 0 unspecified atom stereocenters. The summed E-state index contributed by atoms with van der Waals surface area (Å²) in [6.45, 7) is 0. The molecule has 0 aromatic heterocycles. The van der Waals surface area contributed by atoms with Crippen LogP contribution in [0.3, 0.4) is 0 Å². The third-order valence-corrected chi connectivity index (χ3v) is 2.94. The normalized spacial score (nSPS) is 20.8. The molecule has 0 aliphatic carbocycles. The maximum Gasteiger partial charge on any atom is 0.326 e.